The van der Waals surface area contributed by atoms with Crippen LogP contribution in [0.15, 0.2) is 39.9 Å². The lowest BCUT2D eigenvalue weighted by Crippen LogP contribution is -2.46. The summed E-state index contributed by atoms with van der Waals surface area (Å²) in [5.74, 6) is -0.910. The number of hydrogen-bond donors (Lipinski definition) is 3. The summed E-state index contributed by atoms with van der Waals surface area (Å²) in [6.45, 7) is 3.15. The van der Waals surface area contributed by atoms with Gasteiger partial charge < -0.3 is 20.5 Å². The first-order valence-electron chi connectivity index (χ1n) is 12.1. The second-order valence-corrected chi connectivity index (χ2v) is 9.09. The van der Waals surface area contributed by atoms with Crippen molar-refractivity contribution >= 4 is 11.9 Å². The van der Waals surface area contributed by atoms with Crippen LogP contribution in [0.4, 0.5) is 4.79 Å². The highest BCUT2D eigenvalue weighted by atomic mass is 16.5. The maximum absolute atomic E-state index is 13.2. The lowest BCUT2D eigenvalue weighted by Gasteiger charge is -2.33. The van der Waals surface area contributed by atoms with E-state index in [2.05, 4.69) is 0 Å². The lowest BCUT2D eigenvalue weighted by atomic mass is 9.85. The van der Waals surface area contributed by atoms with Crippen molar-refractivity contribution in [2.45, 2.75) is 64.6 Å². The monoisotopic (exact) mass is 485 g/mol. The molecular weight excluding hydrogens is 450 g/mol. The van der Waals surface area contributed by atoms with Crippen molar-refractivity contribution in [2.75, 3.05) is 13.7 Å². The van der Waals surface area contributed by atoms with Crippen LogP contribution in [0.3, 0.4) is 0 Å². The molecule has 1 aliphatic carbocycles. The number of amidine groups is 1. The van der Waals surface area contributed by atoms with Gasteiger partial charge in [0.2, 0.25) is 5.88 Å². The van der Waals surface area contributed by atoms with Crippen LogP contribution < -0.4 is 17.0 Å². The number of aromatic nitrogens is 2. The Morgan fingerprint density at radius 3 is 2.43 bits per heavy atom. The van der Waals surface area contributed by atoms with Gasteiger partial charge in [-0.1, -0.05) is 43.7 Å². The summed E-state index contributed by atoms with van der Waals surface area (Å²) in [6, 6.07) is 9.33. The van der Waals surface area contributed by atoms with Gasteiger partial charge in [0.15, 0.2) is 0 Å². The quantitative estimate of drug-likeness (QED) is 0.368. The molecule has 0 radical (unpaired) electrons. The van der Waals surface area contributed by atoms with Crippen molar-refractivity contribution in [3.8, 4) is 5.88 Å². The molecular formula is C25H35N5O5. The number of benzene rings is 1. The number of nitrogens with two attached hydrogens (primary N) is 1. The number of unbranched alkanes of at least 4 members (excludes halogenated alkanes) is 1. The minimum absolute atomic E-state index is 0.191. The van der Waals surface area contributed by atoms with E-state index in [1.54, 1.807) is 4.90 Å². The molecule has 0 saturated heterocycles. The fraction of sp³-hybridized carbons (Fsp3) is 0.520. The molecule has 10 nitrogen and oxygen atoms in total. The van der Waals surface area contributed by atoms with Crippen molar-refractivity contribution in [2.24, 2.45) is 11.7 Å². The molecule has 1 amide bonds. The lowest BCUT2D eigenvalue weighted by molar-refractivity contribution is 0.105. The number of amides is 1. The minimum atomic E-state index is -0.725. The number of aromatic hydroxyl groups is 1. The Bertz CT molecular complexity index is 1150. The number of nitrogens with zero attached hydrogens (tertiary/aromatic N) is 3. The SMILES string of the molecule is CCCCn1c(O)c(C(=N)N)c(=O)n(C2CCC(CN(Cc3ccccc3)C(=O)OC)CC2)c1=O. The largest absolute Gasteiger partial charge is 0.494 e. The summed E-state index contributed by atoms with van der Waals surface area (Å²) >= 11 is 0. The Labute approximate surface area is 204 Å². The van der Waals surface area contributed by atoms with Gasteiger partial charge in [-0.3, -0.25) is 19.3 Å². The summed E-state index contributed by atoms with van der Waals surface area (Å²) in [6.07, 6.45) is 3.60. The molecule has 190 valence electrons. The Kier molecular flexibility index (Phi) is 8.73. The molecule has 0 atom stereocenters. The third-order valence-corrected chi connectivity index (χ3v) is 6.66. The first-order chi connectivity index (χ1) is 16.8. The molecule has 4 N–H and O–H groups in total. The third kappa shape index (κ3) is 5.93. The molecule has 1 saturated carbocycles. The van der Waals surface area contributed by atoms with Crippen LogP contribution in [0, 0.1) is 11.3 Å². The van der Waals surface area contributed by atoms with Gasteiger partial charge in [0.05, 0.1) is 7.11 Å². The maximum atomic E-state index is 13.2. The van der Waals surface area contributed by atoms with Crippen molar-refractivity contribution < 1.29 is 14.6 Å². The number of carbonyl (C=O) groups is 1. The van der Waals surface area contributed by atoms with E-state index in [4.69, 9.17) is 15.9 Å². The van der Waals surface area contributed by atoms with Crippen LogP contribution >= 0.6 is 0 Å². The van der Waals surface area contributed by atoms with E-state index < -0.39 is 29.1 Å². The summed E-state index contributed by atoms with van der Waals surface area (Å²) in [5, 5.41) is 18.3. The molecule has 1 fully saturated rings. The van der Waals surface area contributed by atoms with Gasteiger partial charge in [-0.2, -0.15) is 0 Å². The van der Waals surface area contributed by atoms with Crippen LogP contribution in [0.5, 0.6) is 5.88 Å². The molecule has 2 aromatic rings. The molecule has 1 aliphatic rings. The van der Waals surface area contributed by atoms with Crippen molar-refractivity contribution in [1.29, 1.82) is 5.41 Å². The van der Waals surface area contributed by atoms with Gasteiger partial charge in [-0.15, -0.1) is 0 Å². The number of rotatable bonds is 9. The van der Waals surface area contributed by atoms with E-state index in [0.29, 0.717) is 45.2 Å². The first-order valence-corrected chi connectivity index (χ1v) is 12.1. The van der Waals surface area contributed by atoms with Crippen molar-refractivity contribution in [3.05, 3.63) is 62.3 Å². The molecule has 0 bridgehead atoms. The van der Waals surface area contributed by atoms with E-state index in [1.165, 1.54) is 7.11 Å². The maximum Gasteiger partial charge on any atom is 0.409 e. The van der Waals surface area contributed by atoms with E-state index in [9.17, 15) is 19.5 Å². The summed E-state index contributed by atoms with van der Waals surface area (Å²) in [7, 11) is 1.37. The molecule has 0 aliphatic heterocycles. The van der Waals surface area contributed by atoms with E-state index in [-0.39, 0.29) is 24.1 Å². The summed E-state index contributed by atoms with van der Waals surface area (Å²) in [4.78, 5) is 40.3. The van der Waals surface area contributed by atoms with Crippen LogP contribution in [-0.2, 0) is 17.8 Å². The highest BCUT2D eigenvalue weighted by Crippen LogP contribution is 2.32. The van der Waals surface area contributed by atoms with E-state index >= 15 is 0 Å². The smallest absolute Gasteiger partial charge is 0.409 e. The number of carbonyl (C=O) groups excluding carboxylic acids is 1. The van der Waals surface area contributed by atoms with Crippen LogP contribution in [0.1, 0.15) is 62.6 Å². The summed E-state index contributed by atoms with van der Waals surface area (Å²) in [5.41, 5.74) is 4.96. The third-order valence-electron chi connectivity index (χ3n) is 6.66. The summed E-state index contributed by atoms with van der Waals surface area (Å²) < 4.78 is 7.28. The van der Waals surface area contributed by atoms with Crippen LogP contribution in [0.25, 0.3) is 0 Å². The first kappa shape index (κ1) is 26.1. The molecule has 3 rings (SSSR count). The zero-order valence-electron chi connectivity index (χ0n) is 20.4. The predicted octanol–water partition coefficient (Wildman–Crippen LogP) is 2.80. The zero-order valence-corrected chi connectivity index (χ0v) is 20.4. The molecule has 0 spiro atoms. The predicted molar refractivity (Wildman–Crippen MR) is 133 cm³/mol. The number of nitrogens with one attached hydrogen (secondary N) is 1. The van der Waals surface area contributed by atoms with Gasteiger partial charge in [0.25, 0.3) is 5.56 Å². The Morgan fingerprint density at radius 2 is 1.86 bits per heavy atom. The highest BCUT2D eigenvalue weighted by Gasteiger charge is 2.30. The Balaban J connectivity index is 1.79. The van der Waals surface area contributed by atoms with Crippen molar-refractivity contribution in [1.82, 2.24) is 14.0 Å². The molecule has 1 aromatic heterocycles. The molecule has 10 heteroatoms. The molecule has 1 aromatic carbocycles. The molecule has 35 heavy (non-hydrogen) atoms. The average Bonchev–Trinajstić information content (AvgIpc) is 2.84. The Hall–Kier alpha value is -3.56. The fourth-order valence-electron chi connectivity index (χ4n) is 4.77. The number of methoxy groups -OCH3 is 1. The molecule has 1 heterocycles. The fourth-order valence-corrected chi connectivity index (χ4v) is 4.77. The topological polar surface area (TPSA) is 144 Å². The van der Waals surface area contributed by atoms with Crippen LogP contribution in [0.2, 0.25) is 0 Å². The Morgan fingerprint density at radius 1 is 1.20 bits per heavy atom. The number of hydrogen-bond acceptors (Lipinski definition) is 6. The van der Waals surface area contributed by atoms with E-state index in [0.717, 1.165) is 21.1 Å². The minimum Gasteiger partial charge on any atom is -0.494 e. The van der Waals surface area contributed by atoms with E-state index in [1.807, 2.05) is 37.3 Å². The second kappa shape index (κ2) is 11.7. The van der Waals surface area contributed by atoms with Gasteiger partial charge in [0, 0.05) is 25.7 Å². The number of nitrogen functional groups attached to an aromatic ring is 1. The highest BCUT2D eigenvalue weighted by molar-refractivity contribution is 5.96. The van der Waals surface area contributed by atoms with Gasteiger partial charge in [-0.05, 0) is 43.6 Å². The van der Waals surface area contributed by atoms with Gasteiger partial charge in [0.1, 0.15) is 11.4 Å². The van der Waals surface area contributed by atoms with Gasteiger partial charge in [-0.25, -0.2) is 9.59 Å². The standard InChI is InChI=1S/C25H35N5O5/c1-3-4-14-29-22(31)20(21(26)27)23(32)30(24(29)33)19-12-10-18(11-13-19)16-28(25(34)35-2)15-17-8-6-5-7-9-17/h5-9,18-19,31H,3-4,10-16H2,1-2H3,(H3,26,27). The average molecular weight is 486 g/mol. The van der Waals surface area contributed by atoms with Crippen molar-refractivity contribution in [3.63, 3.8) is 0 Å². The number of ether oxygens (including phenoxy) is 1. The van der Waals surface area contributed by atoms with Crippen LogP contribution in [-0.4, -0.2) is 44.7 Å². The second-order valence-electron chi connectivity index (χ2n) is 9.09. The normalized spacial score (nSPS) is 17.7. The van der Waals surface area contributed by atoms with Gasteiger partial charge >= 0.3 is 11.8 Å². The molecule has 0 unspecified atom stereocenters. The zero-order chi connectivity index (χ0) is 25.5.